The molecule has 13 heavy (non-hydrogen) atoms. The van der Waals surface area contributed by atoms with Gasteiger partial charge in [0.25, 0.3) is 5.91 Å². The molecule has 2 aliphatic heterocycles. The molecule has 0 aromatic carbocycles. The molecular formula is C9H15N3O. The smallest absolute Gasteiger partial charge is 0.269 e. The van der Waals surface area contributed by atoms with E-state index in [1.807, 2.05) is 5.01 Å². The van der Waals surface area contributed by atoms with Crippen molar-refractivity contribution < 1.29 is 4.79 Å². The maximum atomic E-state index is 11.5. The summed E-state index contributed by atoms with van der Waals surface area (Å²) in [5.74, 6) is 0.0694. The van der Waals surface area contributed by atoms with E-state index >= 15 is 0 Å². The van der Waals surface area contributed by atoms with Crippen LogP contribution < -0.4 is 10.7 Å². The van der Waals surface area contributed by atoms with E-state index in [0.29, 0.717) is 6.04 Å². The topological polar surface area (TPSA) is 44.4 Å². The van der Waals surface area contributed by atoms with Crippen LogP contribution in [-0.2, 0) is 4.79 Å². The largest absolute Gasteiger partial charge is 0.349 e. The molecule has 2 heterocycles. The predicted octanol–water partition coefficient (Wildman–Crippen LogP) is -0.0110. The summed E-state index contributed by atoms with van der Waals surface area (Å²) in [5.41, 5.74) is 5.30. The zero-order chi connectivity index (χ0) is 9.42. The van der Waals surface area contributed by atoms with Crippen molar-refractivity contribution in [2.45, 2.75) is 26.3 Å². The molecule has 1 atom stereocenters. The number of rotatable bonds is 1. The van der Waals surface area contributed by atoms with E-state index in [-0.39, 0.29) is 5.91 Å². The summed E-state index contributed by atoms with van der Waals surface area (Å²) >= 11 is 0. The second-order valence-electron chi connectivity index (χ2n) is 3.57. The van der Waals surface area contributed by atoms with E-state index in [9.17, 15) is 4.79 Å². The Bertz CT molecular complexity index is 272. The second-order valence-corrected chi connectivity index (χ2v) is 3.57. The van der Waals surface area contributed by atoms with Crippen molar-refractivity contribution in [1.82, 2.24) is 15.8 Å². The zero-order valence-electron chi connectivity index (χ0n) is 8.05. The van der Waals surface area contributed by atoms with Gasteiger partial charge in [-0.05, 0) is 18.9 Å². The zero-order valence-corrected chi connectivity index (χ0v) is 8.05. The Morgan fingerprint density at radius 2 is 2.38 bits per heavy atom. The van der Waals surface area contributed by atoms with Crippen LogP contribution in [0.1, 0.15) is 20.3 Å². The molecule has 72 valence electrons. The lowest BCUT2D eigenvalue weighted by Crippen LogP contribution is -2.53. The highest BCUT2D eigenvalue weighted by molar-refractivity contribution is 5.94. The van der Waals surface area contributed by atoms with Gasteiger partial charge in [0.2, 0.25) is 0 Å². The molecule has 4 heteroatoms. The number of hydrogen-bond donors (Lipinski definition) is 2. The fraction of sp³-hybridized carbons (Fsp3) is 0.667. The van der Waals surface area contributed by atoms with E-state index in [2.05, 4.69) is 24.6 Å². The Morgan fingerprint density at radius 1 is 1.62 bits per heavy atom. The van der Waals surface area contributed by atoms with Gasteiger partial charge in [-0.1, -0.05) is 6.92 Å². The molecule has 0 aromatic rings. The Hall–Kier alpha value is -1.03. The molecule has 0 saturated carbocycles. The number of hydrazine groups is 1. The van der Waals surface area contributed by atoms with Gasteiger partial charge in [0.15, 0.2) is 0 Å². The second kappa shape index (κ2) is 3.03. The lowest BCUT2D eigenvalue weighted by atomic mass is 10.1. The van der Waals surface area contributed by atoms with Gasteiger partial charge >= 0.3 is 0 Å². The third kappa shape index (κ3) is 1.21. The first-order valence-electron chi connectivity index (χ1n) is 4.77. The van der Waals surface area contributed by atoms with Crippen LogP contribution in [0, 0.1) is 0 Å². The molecule has 1 unspecified atom stereocenters. The van der Waals surface area contributed by atoms with Gasteiger partial charge in [-0.2, -0.15) is 0 Å². The van der Waals surface area contributed by atoms with Gasteiger partial charge in [-0.15, -0.1) is 0 Å². The predicted molar refractivity (Wildman–Crippen MR) is 49.6 cm³/mol. The normalized spacial score (nSPS) is 27.7. The fourth-order valence-corrected chi connectivity index (χ4v) is 1.87. The van der Waals surface area contributed by atoms with E-state index in [1.54, 1.807) is 0 Å². The summed E-state index contributed by atoms with van der Waals surface area (Å²) < 4.78 is 0. The van der Waals surface area contributed by atoms with Crippen LogP contribution in [0.25, 0.3) is 0 Å². The van der Waals surface area contributed by atoms with E-state index < -0.39 is 0 Å². The van der Waals surface area contributed by atoms with Crippen molar-refractivity contribution >= 4 is 5.91 Å². The summed E-state index contributed by atoms with van der Waals surface area (Å²) in [5, 5.41) is 4.89. The van der Waals surface area contributed by atoms with E-state index in [1.165, 1.54) is 5.57 Å². The van der Waals surface area contributed by atoms with Gasteiger partial charge in [0, 0.05) is 13.1 Å². The fourth-order valence-electron chi connectivity index (χ4n) is 1.87. The van der Waals surface area contributed by atoms with Crippen LogP contribution in [0.5, 0.6) is 0 Å². The van der Waals surface area contributed by atoms with Gasteiger partial charge in [-0.3, -0.25) is 9.80 Å². The van der Waals surface area contributed by atoms with Crippen molar-refractivity contribution in [3.8, 4) is 0 Å². The highest BCUT2D eigenvalue weighted by Gasteiger charge is 2.33. The summed E-state index contributed by atoms with van der Waals surface area (Å²) in [6.07, 6.45) is 0.943. The molecule has 0 radical (unpaired) electrons. The Labute approximate surface area is 77.9 Å². The molecule has 0 aromatic heterocycles. The van der Waals surface area contributed by atoms with Crippen LogP contribution in [0.2, 0.25) is 0 Å². The van der Waals surface area contributed by atoms with Crippen LogP contribution in [0.15, 0.2) is 11.3 Å². The molecule has 1 saturated heterocycles. The monoisotopic (exact) mass is 181 g/mol. The van der Waals surface area contributed by atoms with Crippen molar-refractivity contribution in [2.75, 3.05) is 13.1 Å². The van der Waals surface area contributed by atoms with Crippen molar-refractivity contribution in [3.05, 3.63) is 11.3 Å². The molecule has 1 amide bonds. The number of piperazine rings is 1. The Kier molecular flexibility index (Phi) is 2.00. The molecule has 2 rings (SSSR count). The van der Waals surface area contributed by atoms with Gasteiger partial charge < -0.3 is 5.32 Å². The maximum absolute atomic E-state index is 11.5. The maximum Gasteiger partial charge on any atom is 0.269 e. The first-order chi connectivity index (χ1) is 6.24. The summed E-state index contributed by atoms with van der Waals surface area (Å²) in [6, 6.07) is 0.358. The molecule has 1 fully saturated rings. The Morgan fingerprint density at radius 3 is 3.08 bits per heavy atom. The third-order valence-corrected chi connectivity index (χ3v) is 2.68. The van der Waals surface area contributed by atoms with Crippen LogP contribution in [-0.4, -0.2) is 30.0 Å². The molecule has 4 nitrogen and oxygen atoms in total. The van der Waals surface area contributed by atoms with Crippen molar-refractivity contribution in [3.63, 3.8) is 0 Å². The third-order valence-electron chi connectivity index (χ3n) is 2.68. The average Bonchev–Trinajstić information content (AvgIpc) is 2.56. The lowest BCUT2D eigenvalue weighted by molar-refractivity contribution is -0.121. The highest BCUT2D eigenvalue weighted by Crippen LogP contribution is 2.22. The van der Waals surface area contributed by atoms with E-state index in [0.717, 1.165) is 25.2 Å². The van der Waals surface area contributed by atoms with E-state index in [4.69, 9.17) is 0 Å². The SMILES string of the molecule is CCC1=C2C(=O)NCC(C)N2NC1. The number of nitrogens with zero attached hydrogens (tertiary/aromatic N) is 1. The molecule has 2 N–H and O–H groups in total. The summed E-state index contributed by atoms with van der Waals surface area (Å²) in [6.45, 7) is 5.74. The van der Waals surface area contributed by atoms with Crippen molar-refractivity contribution in [1.29, 1.82) is 0 Å². The molecule has 0 bridgehead atoms. The highest BCUT2D eigenvalue weighted by atomic mass is 16.2. The van der Waals surface area contributed by atoms with Crippen molar-refractivity contribution in [2.24, 2.45) is 0 Å². The summed E-state index contributed by atoms with van der Waals surface area (Å²) in [7, 11) is 0. The van der Waals surface area contributed by atoms with Crippen LogP contribution >= 0.6 is 0 Å². The summed E-state index contributed by atoms with van der Waals surface area (Å²) in [4.78, 5) is 11.5. The minimum Gasteiger partial charge on any atom is -0.349 e. The molecule has 0 spiro atoms. The number of nitrogens with one attached hydrogen (secondary N) is 2. The standard InChI is InChI=1S/C9H15N3O/c1-3-7-5-11-12-6(2)4-10-9(13)8(7)12/h6,11H,3-5H2,1-2H3,(H,10,13). The molecular weight excluding hydrogens is 166 g/mol. The molecule has 2 aliphatic rings. The average molecular weight is 181 g/mol. The number of hydrogen-bond acceptors (Lipinski definition) is 3. The van der Waals surface area contributed by atoms with Crippen LogP contribution in [0.3, 0.4) is 0 Å². The van der Waals surface area contributed by atoms with Crippen LogP contribution in [0.4, 0.5) is 0 Å². The van der Waals surface area contributed by atoms with Gasteiger partial charge in [0.1, 0.15) is 5.70 Å². The quantitative estimate of drug-likeness (QED) is 0.598. The number of amides is 1. The molecule has 0 aliphatic carbocycles. The number of carbonyl (C=O) groups is 1. The Balaban J connectivity index is 2.32. The number of fused-ring (bicyclic) bond motifs is 1. The minimum atomic E-state index is 0.0694. The van der Waals surface area contributed by atoms with Gasteiger partial charge in [-0.25, -0.2) is 5.43 Å². The minimum absolute atomic E-state index is 0.0694. The van der Waals surface area contributed by atoms with Gasteiger partial charge in [0.05, 0.1) is 6.04 Å². The first-order valence-corrected chi connectivity index (χ1v) is 4.77. The first kappa shape index (κ1) is 8.56. The lowest BCUT2D eigenvalue weighted by Gasteiger charge is -2.33. The number of carbonyl (C=O) groups excluding carboxylic acids is 1.